The Morgan fingerprint density at radius 3 is 2.79 bits per heavy atom. The van der Waals surface area contributed by atoms with Gasteiger partial charge in [0, 0.05) is 25.3 Å². The molecule has 0 radical (unpaired) electrons. The van der Waals surface area contributed by atoms with E-state index in [2.05, 4.69) is 6.58 Å². The molecule has 0 spiro atoms. The Labute approximate surface area is 138 Å². The van der Waals surface area contributed by atoms with E-state index in [0.717, 1.165) is 0 Å². The zero-order chi connectivity index (χ0) is 17.2. The second-order valence-corrected chi connectivity index (χ2v) is 6.94. The van der Waals surface area contributed by atoms with Crippen LogP contribution in [0.25, 0.3) is 0 Å². The molecule has 0 aromatic rings. The van der Waals surface area contributed by atoms with Crippen molar-refractivity contribution in [3.8, 4) is 0 Å². The Bertz CT molecular complexity index is 693. The summed E-state index contributed by atoms with van der Waals surface area (Å²) in [5.41, 5.74) is 0.105. The minimum atomic E-state index is -0.713. The molecule has 0 aromatic carbocycles. The summed E-state index contributed by atoms with van der Waals surface area (Å²) in [6.45, 7) is 7.02. The summed E-state index contributed by atoms with van der Waals surface area (Å²) in [4.78, 5) is 35.6. The first kappa shape index (κ1) is 15.4. The monoisotopic (exact) mass is 334 g/mol. The van der Waals surface area contributed by atoms with Gasteiger partial charge in [-0.05, 0) is 13.0 Å². The van der Waals surface area contributed by atoms with E-state index in [4.69, 9.17) is 18.9 Å². The molecule has 4 aliphatic rings. The van der Waals surface area contributed by atoms with Gasteiger partial charge in [-0.1, -0.05) is 6.58 Å². The fourth-order valence-corrected chi connectivity index (χ4v) is 3.91. The molecule has 0 amide bonds. The lowest BCUT2D eigenvalue weighted by Gasteiger charge is -2.23. The molecule has 0 saturated carbocycles. The largest absolute Gasteiger partial charge is 0.458 e. The molecule has 4 unspecified atom stereocenters. The van der Waals surface area contributed by atoms with Crippen molar-refractivity contribution >= 4 is 17.9 Å². The van der Waals surface area contributed by atoms with Crippen LogP contribution in [0.3, 0.4) is 0 Å². The highest BCUT2D eigenvalue weighted by molar-refractivity contribution is 5.94. The minimum absolute atomic E-state index is 0.180. The van der Waals surface area contributed by atoms with Crippen molar-refractivity contribution in [1.82, 2.24) is 0 Å². The fourth-order valence-electron chi connectivity index (χ4n) is 3.91. The molecule has 24 heavy (non-hydrogen) atoms. The van der Waals surface area contributed by atoms with Crippen LogP contribution in [-0.4, -0.2) is 47.9 Å². The van der Waals surface area contributed by atoms with Gasteiger partial charge < -0.3 is 18.9 Å². The predicted molar refractivity (Wildman–Crippen MR) is 78.5 cm³/mol. The van der Waals surface area contributed by atoms with Crippen molar-refractivity contribution in [2.45, 2.75) is 56.7 Å². The third-order valence-corrected chi connectivity index (χ3v) is 5.23. The van der Waals surface area contributed by atoms with Gasteiger partial charge in [0.15, 0.2) is 0 Å². The number of fused-ring (bicyclic) bond motifs is 4. The molecule has 128 valence electrons. The Morgan fingerprint density at radius 2 is 2.08 bits per heavy atom. The van der Waals surface area contributed by atoms with Gasteiger partial charge in [0.1, 0.15) is 18.3 Å². The molecule has 7 nitrogen and oxygen atoms in total. The lowest BCUT2D eigenvalue weighted by Crippen LogP contribution is -2.33. The van der Waals surface area contributed by atoms with E-state index in [-0.39, 0.29) is 6.10 Å². The normalized spacial score (nSPS) is 43.2. The molecule has 2 saturated heterocycles. The van der Waals surface area contributed by atoms with Crippen LogP contribution >= 0.6 is 0 Å². The highest BCUT2D eigenvalue weighted by Gasteiger charge is 2.60. The van der Waals surface area contributed by atoms with Gasteiger partial charge in [0.25, 0.3) is 0 Å². The van der Waals surface area contributed by atoms with Gasteiger partial charge >= 0.3 is 17.9 Å². The zero-order valence-electron chi connectivity index (χ0n) is 13.4. The van der Waals surface area contributed by atoms with E-state index in [1.165, 1.54) is 6.92 Å². The van der Waals surface area contributed by atoms with Crippen LogP contribution in [0.2, 0.25) is 0 Å². The highest BCUT2D eigenvalue weighted by atomic mass is 16.6. The van der Waals surface area contributed by atoms with E-state index < -0.39 is 47.7 Å². The van der Waals surface area contributed by atoms with Gasteiger partial charge in [-0.25, -0.2) is 9.59 Å². The Balaban J connectivity index is 1.73. The predicted octanol–water partition coefficient (Wildman–Crippen LogP) is 0.819. The quantitative estimate of drug-likeness (QED) is 0.303. The molecule has 3 aliphatic heterocycles. The molecule has 2 bridgehead atoms. The van der Waals surface area contributed by atoms with Gasteiger partial charge in [-0.2, -0.15) is 0 Å². The number of epoxide rings is 1. The van der Waals surface area contributed by atoms with E-state index in [1.807, 2.05) is 6.92 Å². The first-order valence-corrected chi connectivity index (χ1v) is 7.96. The average molecular weight is 334 g/mol. The van der Waals surface area contributed by atoms with Gasteiger partial charge in [0.2, 0.25) is 0 Å². The van der Waals surface area contributed by atoms with Crippen molar-refractivity contribution in [2.75, 3.05) is 0 Å². The van der Waals surface area contributed by atoms with E-state index in [9.17, 15) is 14.4 Å². The van der Waals surface area contributed by atoms with Crippen molar-refractivity contribution in [3.05, 3.63) is 23.8 Å². The smallest absolute Gasteiger partial charge is 0.338 e. The number of carbonyl (C=O) groups is 3. The van der Waals surface area contributed by atoms with Crippen LogP contribution in [-0.2, 0) is 33.3 Å². The molecule has 0 aromatic heterocycles. The summed E-state index contributed by atoms with van der Waals surface area (Å²) < 4.78 is 21.9. The SMILES string of the molecule is C=C1C(=O)OC2C[C@]3(C)OC3C[C@H](OC(C)=O)C3=CC(OC3=O)C12. The Kier molecular flexibility index (Phi) is 3.16. The third kappa shape index (κ3) is 2.26. The zero-order valence-corrected chi connectivity index (χ0v) is 13.4. The molecular weight excluding hydrogens is 316 g/mol. The standard InChI is InChI=1S/C17H18O7/c1-7-14-11-4-9(16(20)22-11)10(21-8(2)18)5-13-17(3,24-13)6-12(14)23-15(7)19/h4,10-14H,1,5-6H2,2-3H3/t10-,11?,12?,13?,14?,17-/m0/s1. The van der Waals surface area contributed by atoms with Crippen LogP contribution < -0.4 is 0 Å². The van der Waals surface area contributed by atoms with Gasteiger partial charge in [-0.3, -0.25) is 4.79 Å². The molecule has 2 fully saturated rings. The Morgan fingerprint density at radius 1 is 1.33 bits per heavy atom. The van der Waals surface area contributed by atoms with Crippen LogP contribution in [0.4, 0.5) is 0 Å². The number of carbonyl (C=O) groups excluding carboxylic acids is 3. The summed E-state index contributed by atoms with van der Waals surface area (Å²) in [7, 11) is 0. The second kappa shape index (κ2) is 4.92. The molecule has 7 heteroatoms. The number of hydrogen-bond donors (Lipinski definition) is 0. The van der Waals surface area contributed by atoms with Crippen molar-refractivity contribution in [1.29, 1.82) is 0 Å². The first-order chi connectivity index (χ1) is 11.3. The van der Waals surface area contributed by atoms with E-state index >= 15 is 0 Å². The molecular formula is C17H18O7. The maximum atomic E-state index is 12.3. The van der Waals surface area contributed by atoms with Crippen LogP contribution in [0.5, 0.6) is 0 Å². The second-order valence-electron chi connectivity index (χ2n) is 6.94. The molecule has 6 atom stereocenters. The summed E-state index contributed by atoms with van der Waals surface area (Å²) in [5, 5.41) is 0. The molecule has 3 heterocycles. The van der Waals surface area contributed by atoms with Crippen molar-refractivity contribution < 1.29 is 33.3 Å². The summed E-state index contributed by atoms with van der Waals surface area (Å²) >= 11 is 0. The summed E-state index contributed by atoms with van der Waals surface area (Å²) in [5.74, 6) is -1.93. The summed E-state index contributed by atoms with van der Waals surface area (Å²) in [6, 6.07) is 0. The van der Waals surface area contributed by atoms with Crippen LogP contribution in [0.1, 0.15) is 26.7 Å². The lowest BCUT2D eigenvalue weighted by molar-refractivity contribution is -0.148. The summed E-state index contributed by atoms with van der Waals surface area (Å²) in [6.07, 6.45) is 0.501. The average Bonchev–Trinajstić information content (AvgIpc) is 2.80. The molecule has 4 rings (SSSR count). The van der Waals surface area contributed by atoms with Crippen molar-refractivity contribution in [2.24, 2.45) is 5.92 Å². The highest BCUT2D eigenvalue weighted by Crippen LogP contribution is 2.49. The van der Waals surface area contributed by atoms with Crippen LogP contribution in [0.15, 0.2) is 23.8 Å². The van der Waals surface area contributed by atoms with E-state index in [1.54, 1.807) is 6.08 Å². The maximum Gasteiger partial charge on any atom is 0.338 e. The van der Waals surface area contributed by atoms with Crippen molar-refractivity contribution in [3.63, 3.8) is 0 Å². The van der Waals surface area contributed by atoms with Gasteiger partial charge in [-0.15, -0.1) is 0 Å². The minimum Gasteiger partial charge on any atom is -0.458 e. The number of ether oxygens (including phenoxy) is 4. The molecule has 1 aliphatic carbocycles. The first-order valence-electron chi connectivity index (χ1n) is 7.96. The number of rotatable bonds is 1. The van der Waals surface area contributed by atoms with E-state index in [0.29, 0.717) is 24.0 Å². The third-order valence-electron chi connectivity index (χ3n) is 5.23. The number of esters is 3. The topological polar surface area (TPSA) is 91.4 Å². The van der Waals surface area contributed by atoms with Gasteiger partial charge in [0.05, 0.1) is 23.2 Å². The van der Waals surface area contributed by atoms with Crippen LogP contribution in [0, 0.1) is 5.92 Å². The number of hydrogen-bond acceptors (Lipinski definition) is 7. The fraction of sp³-hybridized carbons (Fsp3) is 0.588. The lowest BCUT2D eigenvalue weighted by atomic mass is 9.83. The molecule has 0 N–H and O–H groups in total. The Hall–Kier alpha value is -2.15. The maximum absolute atomic E-state index is 12.3.